The predicted molar refractivity (Wildman–Crippen MR) is 60.4 cm³/mol. The van der Waals surface area contributed by atoms with Gasteiger partial charge in [-0.2, -0.15) is 0 Å². The lowest BCUT2D eigenvalue weighted by atomic mass is 10.1. The third-order valence-electron chi connectivity index (χ3n) is 2.02. The van der Waals surface area contributed by atoms with Gasteiger partial charge in [0.05, 0.1) is 7.11 Å². The fraction of sp³-hybridized carbons (Fsp3) is 0.333. The van der Waals surface area contributed by atoms with Crippen LogP contribution < -0.4 is 10.5 Å². The van der Waals surface area contributed by atoms with Crippen LogP contribution in [0.1, 0.15) is 17.5 Å². The zero-order valence-corrected chi connectivity index (χ0v) is 8.79. The molecule has 0 fully saturated rings. The fourth-order valence-corrected chi connectivity index (χ4v) is 1.29. The number of rotatable bonds is 4. The Labute approximate surface area is 85.4 Å². The average Bonchev–Trinajstić information content (AvgIpc) is 2.19. The van der Waals surface area contributed by atoms with Gasteiger partial charge >= 0.3 is 0 Å². The molecule has 0 amide bonds. The van der Waals surface area contributed by atoms with Crippen molar-refractivity contribution in [3.63, 3.8) is 0 Å². The second kappa shape index (κ2) is 5.45. The van der Waals surface area contributed by atoms with Gasteiger partial charge in [-0.15, -0.1) is 0 Å². The van der Waals surface area contributed by atoms with Gasteiger partial charge in [-0.3, -0.25) is 0 Å². The lowest BCUT2D eigenvalue weighted by Gasteiger charge is -2.05. The highest BCUT2D eigenvalue weighted by Crippen LogP contribution is 2.20. The number of hydrogen-bond acceptors (Lipinski definition) is 2. The largest absolute Gasteiger partial charge is 0.496 e. The summed E-state index contributed by atoms with van der Waals surface area (Å²) in [6.07, 6.45) is 5.02. The molecular weight excluding hydrogens is 174 g/mol. The predicted octanol–water partition coefficient (Wildman–Crippen LogP) is 2.37. The molecule has 0 bridgehead atoms. The van der Waals surface area contributed by atoms with Crippen molar-refractivity contribution in [1.82, 2.24) is 0 Å². The van der Waals surface area contributed by atoms with Gasteiger partial charge in [0.1, 0.15) is 5.75 Å². The maximum Gasteiger partial charge on any atom is 0.126 e. The Morgan fingerprint density at radius 1 is 1.43 bits per heavy atom. The first-order chi connectivity index (χ1) is 6.77. The van der Waals surface area contributed by atoms with E-state index in [9.17, 15) is 0 Å². The molecule has 0 radical (unpaired) electrons. The fourth-order valence-electron chi connectivity index (χ4n) is 1.29. The molecule has 0 aromatic heterocycles. The molecule has 0 aliphatic rings. The molecule has 2 heteroatoms. The van der Waals surface area contributed by atoms with Crippen molar-refractivity contribution in [2.75, 3.05) is 13.7 Å². The smallest absolute Gasteiger partial charge is 0.126 e. The van der Waals surface area contributed by atoms with Crippen LogP contribution in [-0.2, 0) is 0 Å². The van der Waals surface area contributed by atoms with E-state index in [1.54, 1.807) is 7.11 Å². The quantitative estimate of drug-likeness (QED) is 0.793. The van der Waals surface area contributed by atoms with Gasteiger partial charge in [-0.1, -0.05) is 23.8 Å². The minimum atomic E-state index is 0.685. The van der Waals surface area contributed by atoms with Crippen LogP contribution in [0.25, 0.3) is 6.08 Å². The van der Waals surface area contributed by atoms with Gasteiger partial charge in [0, 0.05) is 5.56 Å². The highest BCUT2D eigenvalue weighted by molar-refractivity contribution is 5.58. The molecule has 1 aromatic carbocycles. The van der Waals surface area contributed by atoms with E-state index in [2.05, 4.69) is 25.1 Å². The summed E-state index contributed by atoms with van der Waals surface area (Å²) in [6, 6.07) is 6.13. The molecule has 0 unspecified atom stereocenters. The van der Waals surface area contributed by atoms with Crippen molar-refractivity contribution in [2.45, 2.75) is 13.3 Å². The molecular formula is C12H17NO. The third-order valence-corrected chi connectivity index (χ3v) is 2.02. The van der Waals surface area contributed by atoms with Crippen LogP contribution in [0.5, 0.6) is 5.75 Å². The van der Waals surface area contributed by atoms with Gasteiger partial charge in [-0.05, 0) is 32.0 Å². The first-order valence-corrected chi connectivity index (χ1v) is 4.79. The topological polar surface area (TPSA) is 35.2 Å². The zero-order chi connectivity index (χ0) is 10.4. The van der Waals surface area contributed by atoms with Crippen LogP contribution in [0.2, 0.25) is 0 Å². The molecule has 1 rings (SSSR count). The second-order valence-electron chi connectivity index (χ2n) is 3.23. The van der Waals surface area contributed by atoms with Crippen LogP contribution in [0.3, 0.4) is 0 Å². The lowest BCUT2D eigenvalue weighted by molar-refractivity contribution is 0.413. The highest BCUT2D eigenvalue weighted by Gasteiger charge is 1.98. The van der Waals surface area contributed by atoms with Crippen LogP contribution in [-0.4, -0.2) is 13.7 Å². The third kappa shape index (κ3) is 2.89. The van der Waals surface area contributed by atoms with Crippen molar-refractivity contribution >= 4 is 6.08 Å². The summed E-state index contributed by atoms with van der Waals surface area (Å²) in [5.41, 5.74) is 7.76. The maximum absolute atomic E-state index is 5.41. The molecule has 0 heterocycles. The number of aryl methyl sites for hydroxylation is 1. The summed E-state index contributed by atoms with van der Waals surface area (Å²) < 4.78 is 5.25. The average molecular weight is 191 g/mol. The van der Waals surface area contributed by atoms with E-state index in [1.807, 2.05) is 12.1 Å². The number of hydrogen-bond donors (Lipinski definition) is 1. The maximum atomic E-state index is 5.41. The number of benzene rings is 1. The number of ether oxygens (including phenoxy) is 1. The minimum absolute atomic E-state index is 0.685. The van der Waals surface area contributed by atoms with E-state index >= 15 is 0 Å². The first kappa shape index (κ1) is 10.8. The van der Waals surface area contributed by atoms with Gasteiger partial charge in [-0.25, -0.2) is 0 Å². The van der Waals surface area contributed by atoms with Gasteiger partial charge in [0.2, 0.25) is 0 Å². The van der Waals surface area contributed by atoms with E-state index in [0.717, 1.165) is 17.7 Å². The van der Waals surface area contributed by atoms with Crippen molar-refractivity contribution in [2.24, 2.45) is 5.73 Å². The number of methoxy groups -OCH3 is 1. The molecule has 2 N–H and O–H groups in total. The molecule has 0 saturated carbocycles. The summed E-state index contributed by atoms with van der Waals surface area (Å²) >= 11 is 0. The Morgan fingerprint density at radius 2 is 2.21 bits per heavy atom. The molecule has 0 aliphatic carbocycles. The monoisotopic (exact) mass is 191 g/mol. The van der Waals surface area contributed by atoms with Crippen LogP contribution in [0.4, 0.5) is 0 Å². The molecule has 14 heavy (non-hydrogen) atoms. The molecule has 0 aliphatic heterocycles. The summed E-state index contributed by atoms with van der Waals surface area (Å²) in [5.74, 6) is 0.906. The van der Waals surface area contributed by atoms with E-state index < -0.39 is 0 Å². The molecule has 0 atom stereocenters. The molecule has 76 valence electrons. The van der Waals surface area contributed by atoms with Crippen molar-refractivity contribution in [3.8, 4) is 5.75 Å². The van der Waals surface area contributed by atoms with Crippen molar-refractivity contribution in [3.05, 3.63) is 35.4 Å². The van der Waals surface area contributed by atoms with E-state index in [-0.39, 0.29) is 0 Å². The van der Waals surface area contributed by atoms with E-state index in [4.69, 9.17) is 10.5 Å². The first-order valence-electron chi connectivity index (χ1n) is 4.79. The molecule has 1 aromatic rings. The van der Waals surface area contributed by atoms with Crippen LogP contribution in [0.15, 0.2) is 24.3 Å². The van der Waals surface area contributed by atoms with Crippen molar-refractivity contribution in [1.29, 1.82) is 0 Å². The summed E-state index contributed by atoms with van der Waals surface area (Å²) in [4.78, 5) is 0. The summed E-state index contributed by atoms with van der Waals surface area (Å²) in [5, 5.41) is 0. The highest BCUT2D eigenvalue weighted by atomic mass is 16.5. The molecule has 2 nitrogen and oxygen atoms in total. The van der Waals surface area contributed by atoms with Gasteiger partial charge < -0.3 is 10.5 Å². The lowest BCUT2D eigenvalue weighted by Crippen LogP contribution is -1.95. The Bertz CT molecular complexity index is 318. The van der Waals surface area contributed by atoms with Crippen LogP contribution >= 0.6 is 0 Å². The summed E-state index contributed by atoms with van der Waals surface area (Å²) in [6.45, 7) is 2.75. The Hall–Kier alpha value is -1.28. The van der Waals surface area contributed by atoms with E-state index in [1.165, 1.54) is 5.56 Å². The van der Waals surface area contributed by atoms with Crippen molar-refractivity contribution < 1.29 is 4.74 Å². The van der Waals surface area contributed by atoms with Gasteiger partial charge in [0.25, 0.3) is 0 Å². The molecule has 0 saturated heterocycles. The van der Waals surface area contributed by atoms with Gasteiger partial charge in [0.15, 0.2) is 0 Å². The Morgan fingerprint density at radius 3 is 2.86 bits per heavy atom. The normalized spacial score (nSPS) is 10.8. The number of nitrogens with two attached hydrogens (primary N) is 1. The second-order valence-corrected chi connectivity index (χ2v) is 3.23. The van der Waals surface area contributed by atoms with Crippen LogP contribution in [0, 0.1) is 6.92 Å². The Balaban J connectivity index is 2.87. The minimum Gasteiger partial charge on any atom is -0.496 e. The standard InChI is InChI=1S/C12H17NO/c1-10-6-7-12(14-2)11(9-10)5-3-4-8-13/h3,5-7,9H,4,8,13H2,1-2H3/b5-3+. The van der Waals surface area contributed by atoms with E-state index in [0.29, 0.717) is 6.54 Å². The Kier molecular flexibility index (Phi) is 4.20. The zero-order valence-electron chi connectivity index (χ0n) is 8.79. The molecule has 0 spiro atoms. The summed E-state index contributed by atoms with van der Waals surface area (Å²) in [7, 11) is 1.69. The SMILES string of the molecule is COc1ccc(C)cc1/C=C/CCN.